The molecule has 2 N–H and O–H groups in total. The van der Waals surface area contributed by atoms with Gasteiger partial charge in [-0.15, -0.1) is 0 Å². The van der Waals surface area contributed by atoms with Crippen molar-refractivity contribution >= 4 is 27.5 Å². The quantitative estimate of drug-likeness (QED) is 0.409. The predicted molar refractivity (Wildman–Crippen MR) is 137 cm³/mol. The fraction of sp³-hybridized carbons (Fsp3) is 0.231. The van der Waals surface area contributed by atoms with Gasteiger partial charge in [0.1, 0.15) is 0 Å². The molecule has 0 fully saturated rings. The van der Waals surface area contributed by atoms with Gasteiger partial charge < -0.3 is 20.1 Å². The van der Waals surface area contributed by atoms with Crippen LogP contribution >= 0.6 is 0 Å². The molecule has 2 amide bonds. The minimum Gasteiger partial charge on any atom is -0.493 e. The van der Waals surface area contributed by atoms with Gasteiger partial charge in [0.15, 0.2) is 11.5 Å². The van der Waals surface area contributed by atoms with E-state index in [0.717, 1.165) is 9.87 Å². The first-order valence-electron chi connectivity index (χ1n) is 11.2. The van der Waals surface area contributed by atoms with Crippen molar-refractivity contribution in [3.8, 4) is 11.5 Å². The van der Waals surface area contributed by atoms with E-state index >= 15 is 0 Å². The molecule has 0 saturated carbocycles. The molecule has 0 radical (unpaired) electrons. The molecule has 3 aromatic carbocycles. The molecular weight excluding hydrogens is 482 g/mol. The minimum atomic E-state index is -3.99. The van der Waals surface area contributed by atoms with E-state index < -0.39 is 22.5 Å². The third kappa shape index (κ3) is 6.61. The van der Waals surface area contributed by atoms with Crippen molar-refractivity contribution in [2.45, 2.75) is 11.3 Å². The molecule has 0 saturated heterocycles. The lowest BCUT2D eigenvalue weighted by Crippen LogP contribution is -2.35. The average molecular weight is 512 g/mol. The maximum absolute atomic E-state index is 13.0. The maximum atomic E-state index is 13.0. The summed E-state index contributed by atoms with van der Waals surface area (Å²) in [7, 11) is 0.160. The number of ether oxygens (including phenoxy) is 2. The Labute approximate surface area is 211 Å². The molecule has 3 aromatic rings. The molecule has 0 unspecified atom stereocenters. The number of carbonyl (C=O) groups excluding carboxylic acids is 2. The number of nitrogens with zero attached hydrogens (tertiary/aromatic N) is 1. The number of amides is 2. The predicted octanol–water partition coefficient (Wildman–Crippen LogP) is 2.94. The molecule has 0 bridgehead atoms. The first-order valence-corrected chi connectivity index (χ1v) is 12.6. The summed E-state index contributed by atoms with van der Waals surface area (Å²) in [5, 5.41) is 5.49. The average Bonchev–Trinajstić information content (AvgIpc) is 2.88. The largest absolute Gasteiger partial charge is 0.493 e. The van der Waals surface area contributed by atoms with Gasteiger partial charge in [0.25, 0.3) is 5.91 Å². The van der Waals surface area contributed by atoms with Crippen LogP contribution in [0.15, 0.2) is 77.7 Å². The summed E-state index contributed by atoms with van der Waals surface area (Å²) in [6, 6.07) is 20.5. The van der Waals surface area contributed by atoms with Crippen LogP contribution in [0.5, 0.6) is 11.5 Å². The van der Waals surface area contributed by atoms with Crippen LogP contribution in [-0.2, 0) is 21.2 Å². The number of likely N-dealkylation sites (N-methyl/N-ethyl adjacent to an activating group) is 1. The third-order valence-corrected chi connectivity index (χ3v) is 7.22. The molecule has 0 aliphatic carbocycles. The highest BCUT2D eigenvalue weighted by molar-refractivity contribution is 7.89. The summed E-state index contributed by atoms with van der Waals surface area (Å²) in [5.74, 6) is -0.293. The van der Waals surface area contributed by atoms with Crippen molar-refractivity contribution in [3.05, 3.63) is 83.9 Å². The van der Waals surface area contributed by atoms with Crippen molar-refractivity contribution < 1.29 is 27.5 Å². The fourth-order valence-corrected chi connectivity index (χ4v) is 4.63. The van der Waals surface area contributed by atoms with E-state index in [1.54, 1.807) is 24.3 Å². The van der Waals surface area contributed by atoms with Crippen LogP contribution < -0.4 is 20.1 Å². The summed E-state index contributed by atoms with van der Waals surface area (Å²) in [6.07, 6.45) is 0.667. The first-order chi connectivity index (χ1) is 17.3. The fourth-order valence-electron chi connectivity index (χ4n) is 3.48. The number of rotatable bonds is 11. The first kappa shape index (κ1) is 26.7. The van der Waals surface area contributed by atoms with E-state index in [2.05, 4.69) is 10.6 Å². The van der Waals surface area contributed by atoms with Crippen LogP contribution in [0.2, 0.25) is 0 Å². The summed E-state index contributed by atoms with van der Waals surface area (Å²) in [5.41, 5.74) is 1.67. The van der Waals surface area contributed by atoms with Gasteiger partial charge in [0.2, 0.25) is 15.9 Å². The Kier molecular flexibility index (Phi) is 9.04. The van der Waals surface area contributed by atoms with Crippen molar-refractivity contribution in [2.75, 3.05) is 39.7 Å². The molecule has 0 spiro atoms. The summed E-state index contributed by atoms with van der Waals surface area (Å²) in [6.45, 7) is -0.0297. The Bertz CT molecular complexity index is 1310. The van der Waals surface area contributed by atoms with Crippen molar-refractivity contribution in [2.24, 2.45) is 0 Å². The minimum absolute atomic E-state index is 0.0476. The Morgan fingerprint density at radius 3 is 2.25 bits per heavy atom. The van der Waals surface area contributed by atoms with Gasteiger partial charge in [0, 0.05) is 19.7 Å². The molecule has 0 heterocycles. The molecule has 9 nitrogen and oxygen atoms in total. The molecule has 0 aliphatic rings. The van der Waals surface area contributed by atoms with Gasteiger partial charge in [-0.25, -0.2) is 8.42 Å². The second-order valence-corrected chi connectivity index (χ2v) is 9.91. The number of carbonyl (C=O) groups is 2. The van der Waals surface area contributed by atoms with Crippen LogP contribution in [0.1, 0.15) is 15.9 Å². The molecule has 10 heteroatoms. The third-order valence-electron chi connectivity index (χ3n) is 5.42. The van der Waals surface area contributed by atoms with Crippen LogP contribution in [-0.4, -0.2) is 58.9 Å². The van der Waals surface area contributed by atoms with Gasteiger partial charge >= 0.3 is 0 Å². The number of benzene rings is 3. The molecule has 0 aliphatic heterocycles. The molecule has 0 atom stereocenters. The van der Waals surface area contributed by atoms with Crippen molar-refractivity contribution in [1.82, 2.24) is 9.62 Å². The van der Waals surface area contributed by atoms with Crippen LogP contribution in [0.25, 0.3) is 0 Å². The number of methoxy groups -OCH3 is 2. The summed E-state index contributed by atoms with van der Waals surface area (Å²) in [4.78, 5) is 25.4. The molecule has 3 rings (SSSR count). The molecule has 36 heavy (non-hydrogen) atoms. The second-order valence-electron chi connectivity index (χ2n) is 7.86. The lowest BCUT2D eigenvalue weighted by molar-refractivity contribution is -0.116. The molecule has 0 aromatic heterocycles. The van der Waals surface area contributed by atoms with Gasteiger partial charge in [-0.3, -0.25) is 9.59 Å². The van der Waals surface area contributed by atoms with E-state index in [4.69, 9.17) is 9.47 Å². The smallest absolute Gasteiger partial charge is 0.253 e. The SMILES string of the molecule is COc1ccc(S(=O)(=O)N(C)CC(=O)Nc2ccccc2C(=O)NCCc2ccccc2)cc1OC. The van der Waals surface area contributed by atoms with Crippen LogP contribution in [0, 0.1) is 0 Å². The Morgan fingerprint density at radius 1 is 0.889 bits per heavy atom. The van der Waals surface area contributed by atoms with E-state index in [-0.39, 0.29) is 27.8 Å². The van der Waals surface area contributed by atoms with Gasteiger partial charge in [-0.05, 0) is 36.2 Å². The Morgan fingerprint density at radius 2 is 1.56 bits per heavy atom. The summed E-state index contributed by atoms with van der Waals surface area (Å²) >= 11 is 0. The number of anilines is 1. The number of para-hydroxylation sites is 1. The zero-order valence-electron chi connectivity index (χ0n) is 20.4. The lowest BCUT2D eigenvalue weighted by Gasteiger charge is -2.18. The number of hydrogen-bond donors (Lipinski definition) is 2. The summed E-state index contributed by atoms with van der Waals surface area (Å²) < 4.78 is 37.2. The van der Waals surface area contributed by atoms with Crippen molar-refractivity contribution in [1.29, 1.82) is 0 Å². The number of sulfonamides is 1. The van der Waals surface area contributed by atoms with Gasteiger partial charge in [0.05, 0.1) is 36.9 Å². The number of hydrogen-bond acceptors (Lipinski definition) is 6. The topological polar surface area (TPSA) is 114 Å². The lowest BCUT2D eigenvalue weighted by atomic mass is 10.1. The van der Waals surface area contributed by atoms with E-state index in [9.17, 15) is 18.0 Å². The van der Waals surface area contributed by atoms with Gasteiger partial charge in [-0.1, -0.05) is 42.5 Å². The van der Waals surface area contributed by atoms with E-state index in [1.165, 1.54) is 39.5 Å². The zero-order valence-corrected chi connectivity index (χ0v) is 21.2. The van der Waals surface area contributed by atoms with Crippen molar-refractivity contribution in [3.63, 3.8) is 0 Å². The second kappa shape index (κ2) is 12.2. The Balaban J connectivity index is 1.64. The Hall–Kier alpha value is -3.89. The standard InChI is InChI=1S/C26H29N3O6S/c1-29(36(32,33)20-13-14-23(34-2)24(17-20)35-3)18-25(30)28-22-12-8-7-11-21(22)26(31)27-16-15-19-9-5-4-6-10-19/h4-14,17H,15-16,18H2,1-3H3,(H,27,31)(H,28,30). The highest BCUT2D eigenvalue weighted by Crippen LogP contribution is 2.30. The highest BCUT2D eigenvalue weighted by Gasteiger charge is 2.25. The maximum Gasteiger partial charge on any atom is 0.253 e. The zero-order chi connectivity index (χ0) is 26.1. The van der Waals surface area contributed by atoms with Crippen LogP contribution in [0.3, 0.4) is 0 Å². The van der Waals surface area contributed by atoms with E-state index in [1.807, 2.05) is 30.3 Å². The molecular formula is C26H29N3O6S. The van der Waals surface area contributed by atoms with Crippen LogP contribution in [0.4, 0.5) is 5.69 Å². The van der Waals surface area contributed by atoms with E-state index in [0.29, 0.717) is 18.7 Å². The molecule has 190 valence electrons. The monoisotopic (exact) mass is 511 g/mol. The normalized spacial score (nSPS) is 11.1. The highest BCUT2D eigenvalue weighted by atomic mass is 32.2. The number of nitrogens with one attached hydrogen (secondary N) is 2. The van der Waals surface area contributed by atoms with Gasteiger partial charge in [-0.2, -0.15) is 4.31 Å².